The fourth-order valence-electron chi connectivity index (χ4n) is 8.61. The van der Waals surface area contributed by atoms with Gasteiger partial charge in [0.05, 0.1) is 16.9 Å². The van der Waals surface area contributed by atoms with E-state index in [4.69, 9.17) is 9.97 Å². The molecule has 0 aliphatic carbocycles. The van der Waals surface area contributed by atoms with Crippen molar-refractivity contribution in [2.45, 2.75) is 63.7 Å². The molecular formula is C57H53GeIrN3S-2. The molecule has 0 unspecified atom stereocenters. The molecule has 0 amide bonds. The fourth-order valence-corrected chi connectivity index (χ4v) is 13.1. The maximum atomic E-state index is 5.45. The first-order chi connectivity index (χ1) is 29.8. The van der Waals surface area contributed by atoms with Gasteiger partial charge in [0.2, 0.25) is 0 Å². The van der Waals surface area contributed by atoms with E-state index in [-0.39, 0.29) is 25.5 Å². The number of thiophene rings is 1. The van der Waals surface area contributed by atoms with Crippen LogP contribution >= 0.6 is 11.3 Å². The van der Waals surface area contributed by atoms with Crippen LogP contribution in [0, 0.1) is 18.1 Å². The molecule has 3 nitrogen and oxygen atoms in total. The quantitative estimate of drug-likeness (QED) is 0.118. The second-order valence-corrected chi connectivity index (χ2v) is 30.4. The Balaban J connectivity index is 0.000000219. The molecule has 317 valence electrons. The van der Waals surface area contributed by atoms with Crippen LogP contribution in [-0.4, -0.2) is 27.8 Å². The van der Waals surface area contributed by atoms with Gasteiger partial charge >= 0.3 is 126 Å². The van der Waals surface area contributed by atoms with Gasteiger partial charge in [0.1, 0.15) is 0 Å². The Morgan fingerprint density at radius 1 is 0.714 bits per heavy atom. The van der Waals surface area contributed by atoms with Crippen molar-refractivity contribution in [2.75, 3.05) is 0 Å². The minimum Gasteiger partial charge on any atom is 0 e. The van der Waals surface area contributed by atoms with Gasteiger partial charge in [-0.2, -0.15) is 11.3 Å². The van der Waals surface area contributed by atoms with Crippen molar-refractivity contribution in [2.24, 2.45) is 5.92 Å². The van der Waals surface area contributed by atoms with Gasteiger partial charge in [-0.25, -0.2) is 0 Å². The van der Waals surface area contributed by atoms with Crippen molar-refractivity contribution in [3.05, 3.63) is 181 Å². The fraction of sp³-hybridized carbons (Fsp3) is 0.193. The van der Waals surface area contributed by atoms with Gasteiger partial charge < -0.3 is 4.57 Å². The molecule has 0 spiro atoms. The number of imidazole rings is 1. The van der Waals surface area contributed by atoms with Crippen LogP contribution in [0.1, 0.15) is 45.7 Å². The third kappa shape index (κ3) is 8.99. The molecule has 0 atom stereocenters. The van der Waals surface area contributed by atoms with Crippen molar-refractivity contribution in [1.82, 2.24) is 14.5 Å². The summed E-state index contributed by atoms with van der Waals surface area (Å²) in [5.41, 5.74) is 11.6. The standard InChI is InChI=1S/C39H29N2S.C18H24GeN.Ir/c1-39(2,3)27-21-23-33(32(24-27)25-12-5-4-6-13-25)41-34-22-20-26-14-7-8-15-28(26)36(34)40-38(41)31-18-11-17-30-29-16-9-10-19-35(29)42-37(30)31;1-14(2)11-16-12-18(15-9-7-6-8-10-15)20-13-17(16)19(3,4)5;/h4-17,19-24H,1-3H3;6-9,12-14H,11H2,1-5H3;/q2*-1;. The van der Waals surface area contributed by atoms with Gasteiger partial charge in [0, 0.05) is 41.4 Å². The number of hydrogen-bond donors (Lipinski definition) is 0. The van der Waals surface area contributed by atoms with Crippen molar-refractivity contribution >= 4 is 71.0 Å². The predicted octanol–water partition coefficient (Wildman–Crippen LogP) is 15.3. The molecule has 0 aliphatic rings. The summed E-state index contributed by atoms with van der Waals surface area (Å²) < 4.78 is 6.40. The summed E-state index contributed by atoms with van der Waals surface area (Å²) in [6, 6.07) is 60.8. The number of pyridine rings is 1. The summed E-state index contributed by atoms with van der Waals surface area (Å²) in [6.07, 6.45) is 3.27. The maximum absolute atomic E-state index is 5.45. The van der Waals surface area contributed by atoms with E-state index in [0.29, 0.717) is 5.92 Å². The molecule has 0 N–H and O–H groups in total. The molecule has 6 heteroatoms. The molecule has 0 saturated carbocycles. The SMILES string of the molecule is CC(C)(C)c1ccc(-n2c(-c3[c-]ccc4c3sc3ccccc34)nc3c4ccccc4ccc32)c(-c2ccccc2)c1.CC(C)Cc1cc(-c2[c-]cccc2)nc[c]1[Ge]([CH3])([CH3])[CH3].[Ir]. The van der Waals surface area contributed by atoms with Crippen molar-refractivity contribution < 1.29 is 20.1 Å². The van der Waals surface area contributed by atoms with Crippen LogP contribution in [0.4, 0.5) is 0 Å². The summed E-state index contributed by atoms with van der Waals surface area (Å²) in [4.78, 5) is 10.2. The van der Waals surface area contributed by atoms with Gasteiger partial charge in [-0.1, -0.05) is 117 Å². The van der Waals surface area contributed by atoms with E-state index in [1.54, 1.807) is 4.40 Å². The molecule has 0 saturated heterocycles. The van der Waals surface area contributed by atoms with Crippen molar-refractivity contribution in [1.29, 1.82) is 0 Å². The molecule has 0 aliphatic heterocycles. The third-order valence-electron chi connectivity index (χ3n) is 11.7. The summed E-state index contributed by atoms with van der Waals surface area (Å²) >= 11 is -0.0357. The van der Waals surface area contributed by atoms with Gasteiger partial charge in [-0.15, -0.1) is 18.2 Å². The summed E-state index contributed by atoms with van der Waals surface area (Å²) in [5.74, 6) is 8.91. The average molecular weight is 1080 g/mol. The van der Waals surface area contributed by atoms with Crippen molar-refractivity contribution in [3.8, 4) is 39.5 Å². The van der Waals surface area contributed by atoms with E-state index < -0.39 is 13.3 Å². The Morgan fingerprint density at radius 3 is 2.17 bits per heavy atom. The van der Waals surface area contributed by atoms with Crippen molar-refractivity contribution in [3.63, 3.8) is 0 Å². The van der Waals surface area contributed by atoms with E-state index in [0.717, 1.165) is 51.2 Å². The number of hydrogen-bond acceptors (Lipinski definition) is 3. The van der Waals surface area contributed by atoms with Crippen LogP contribution in [-0.2, 0) is 31.9 Å². The van der Waals surface area contributed by atoms with Crippen LogP contribution in [0.2, 0.25) is 17.3 Å². The first-order valence-corrected chi connectivity index (χ1v) is 29.9. The smallest absolute Gasteiger partial charge is 0 e. The normalized spacial score (nSPS) is 11.9. The Hall–Kier alpha value is -5.17. The molecule has 3 aromatic heterocycles. The largest absolute Gasteiger partial charge is 0 e. The first kappa shape index (κ1) is 44.4. The van der Waals surface area contributed by atoms with Crippen LogP contribution in [0.25, 0.3) is 81.4 Å². The van der Waals surface area contributed by atoms with Crippen LogP contribution in [0.3, 0.4) is 0 Å². The number of nitrogens with zero attached hydrogens (tertiary/aromatic N) is 3. The van der Waals surface area contributed by atoms with Crippen LogP contribution < -0.4 is 4.40 Å². The van der Waals surface area contributed by atoms with E-state index in [1.807, 2.05) is 29.5 Å². The minimum absolute atomic E-state index is 0. The van der Waals surface area contributed by atoms with E-state index in [9.17, 15) is 0 Å². The molecule has 0 fully saturated rings. The molecular weight excluding hydrogens is 1020 g/mol. The second-order valence-electron chi connectivity index (χ2n) is 18.8. The molecule has 63 heavy (non-hydrogen) atoms. The van der Waals surface area contributed by atoms with Gasteiger partial charge in [0.25, 0.3) is 0 Å². The molecule has 1 radical (unpaired) electrons. The van der Waals surface area contributed by atoms with Gasteiger partial charge in [-0.05, 0) is 56.3 Å². The zero-order valence-electron chi connectivity index (χ0n) is 37.4. The molecule has 0 bridgehead atoms. The zero-order valence-corrected chi connectivity index (χ0v) is 42.7. The van der Waals surface area contributed by atoms with Crippen LogP contribution in [0.5, 0.6) is 0 Å². The number of aromatic nitrogens is 3. The molecule has 3 heterocycles. The second kappa shape index (κ2) is 18.1. The summed E-state index contributed by atoms with van der Waals surface area (Å²) in [7, 11) is 0. The maximum Gasteiger partial charge on any atom is 0 e. The summed E-state index contributed by atoms with van der Waals surface area (Å²) in [6.45, 7) is 11.4. The predicted molar refractivity (Wildman–Crippen MR) is 270 cm³/mol. The van der Waals surface area contributed by atoms with E-state index >= 15 is 0 Å². The number of fused-ring (bicyclic) bond motifs is 6. The van der Waals surface area contributed by atoms with Crippen LogP contribution in [0.15, 0.2) is 158 Å². The minimum atomic E-state index is -1.86. The topological polar surface area (TPSA) is 30.7 Å². The Morgan fingerprint density at radius 2 is 1.44 bits per heavy atom. The number of benzene rings is 7. The van der Waals surface area contributed by atoms with E-state index in [2.05, 4.69) is 208 Å². The first-order valence-electron chi connectivity index (χ1n) is 21.7. The van der Waals surface area contributed by atoms with E-state index in [1.165, 1.54) is 47.8 Å². The Bertz CT molecular complexity index is 3210. The van der Waals surface area contributed by atoms with Gasteiger partial charge in [0.15, 0.2) is 0 Å². The summed E-state index contributed by atoms with van der Waals surface area (Å²) in [5, 5.41) is 4.88. The number of rotatable bonds is 7. The molecule has 7 aromatic carbocycles. The third-order valence-corrected chi connectivity index (χ3v) is 17.3. The van der Waals surface area contributed by atoms with Gasteiger partial charge in [-0.3, -0.25) is 4.98 Å². The molecule has 10 aromatic rings. The average Bonchev–Trinajstić information content (AvgIpc) is 3.85. The Labute approximate surface area is 393 Å². The monoisotopic (exact) mass is 1080 g/mol. The zero-order chi connectivity index (χ0) is 43.2. The Kier molecular flexibility index (Phi) is 12.8. The molecule has 10 rings (SSSR count).